The Morgan fingerprint density at radius 3 is 2.39 bits per heavy atom. The standard InChI is InChI=1S/C18H21BrClNO7/c1-15(24)13(14(22)23)28-18(4,17(3,26)16(15,2)25)27-10-7-21-9-6-5-8(19)12(20)11(9)10/h5-7,13,21,24-26H,1-4H3,(H,22,23)/t13-,15+,16-,17+,18+/m0/s1. The molecule has 0 spiro atoms. The number of aromatic amines is 1. The van der Waals surface area contributed by atoms with Crippen molar-refractivity contribution in [2.24, 2.45) is 0 Å². The summed E-state index contributed by atoms with van der Waals surface area (Å²) in [5.74, 6) is -3.40. The number of ether oxygens (including phenoxy) is 2. The molecule has 0 bridgehead atoms. The van der Waals surface area contributed by atoms with E-state index in [0.29, 0.717) is 20.4 Å². The van der Waals surface area contributed by atoms with Crippen molar-refractivity contribution in [2.75, 3.05) is 0 Å². The minimum Gasteiger partial charge on any atom is -0.479 e. The molecule has 5 atom stereocenters. The molecule has 1 aliphatic heterocycles. The molecule has 0 radical (unpaired) electrons. The number of benzene rings is 1. The lowest BCUT2D eigenvalue weighted by molar-refractivity contribution is -0.407. The Morgan fingerprint density at radius 2 is 1.82 bits per heavy atom. The monoisotopic (exact) mass is 477 g/mol. The number of fused-ring (bicyclic) bond motifs is 1. The summed E-state index contributed by atoms with van der Waals surface area (Å²) in [7, 11) is 0. The topological polar surface area (TPSA) is 132 Å². The van der Waals surface area contributed by atoms with Crippen LogP contribution in [0, 0.1) is 0 Å². The highest BCUT2D eigenvalue weighted by Crippen LogP contribution is 2.50. The molecule has 1 aliphatic rings. The Labute approximate surface area is 174 Å². The number of carbonyl (C=O) groups is 1. The molecule has 1 aromatic heterocycles. The average molecular weight is 479 g/mol. The molecule has 2 heterocycles. The smallest absolute Gasteiger partial charge is 0.336 e. The van der Waals surface area contributed by atoms with Crippen LogP contribution in [0.5, 0.6) is 5.75 Å². The van der Waals surface area contributed by atoms with Crippen LogP contribution in [0.3, 0.4) is 0 Å². The average Bonchev–Trinajstić information content (AvgIpc) is 2.97. The number of hydrogen-bond donors (Lipinski definition) is 5. The molecule has 1 saturated heterocycles. The third-order valence-electron chi connectivity index (χ3n) is 5.90. The van der Waals surface area contributed by atoms with Crippen molar-refractivity contribution in [3.05, 3.63) is 27.8 Å². The fourth-order valence-corrected chi connectivity index (χ4v) is 4.06. The van der Waals surface area contributed by atoms with Crippen molar-refractivity contribution in [1.82, 2.24) is 4.98 Å². The molecule has 0 aliphatic carbocycles. The zero-order valence-electron chi connectivity index (χ0n) is 15.6. The number of nitrogens with one attached hydrogen (secondary N) is 1. The predicted molar refractivity (Wildman–Crippen MR) is 104 cm³/mol. The first-order valence-electron chi connectivity index (χ1n) is 8.39. The summed E-state index contributed by atoms with van der Waals surface area (Å²) in [5.41, 5.74) is -6.22. The van der Waals surface area contributed by atoms with E-state index >= 15 is 0 Å². The van der Waals surface area contributed by atoms with Gasteiger partial charge in [0.25, 0.3) is 0 Å². The van der Waals surface area contributed by atoms with Crippen molar-refractivity contribution in [2.45, 2.75) is 56.4 Å². The molecular weight excluding hydrogens is 458 g/mol. The SMILES string of the molecule is C[C@@]1(Oc2c[nH]c3ccc(Br)c(Cl)c23)O[C@@H](C(=O)O)[C@@](C)(O)[C@](C)(O)[C@@]1(C)O. The molecule has 0 saturated carbocycles. The van der Waals surface area contributed by atoms with E-state index in [1.165, 1.54) is 20.0 Å². The first kappa shape index (κ1) is 21.4. The number of halogens is 2. The maximum atomic E-state index is 11.7. The van der Waals surface area contributed by atoms with Gasteiger partial charge in [-0.1, -0.05) is 11.6 Å². The molecule has 0 unspecified atom stereocenters. The van der Waals surface area contributed by atoms with Gasteiger partial charge in [0.2, 0.25) is 5.79 Å². The molecule has 2 aromatic rings. The summed E-state index contributed by atoms with van der Waals surface area (Å²) in [6, 6.07) is 3.49. The predicted octanol–water partition coefficient (Wildman–Crippen LogP) is 2.42. The van der Waals surface area contributed by atoms with Crippen molar-refractivity contribution in [3.63, 3.8) is 0 Å². The van der Waals surface area contributed by atoms with Crippen LogP contribution in [-0.2, 0) is 9.53 Å². The maximum absolute atomic E-state index is 11.7. The maximum Gasteiger partial charge on any atom is 0.336 e. The summed E-state index contributed by atoms with van der Waals surface area (Å²) in [6.07, 6.45) is -0.398. The van der Waals surface area contributed by atoms with Gasteiger partial charge >= 0.3 is 5.97 Å². The third-order valence-corrected chi connectivity index (χ3v) is 7.18. The largest absolute Gasteiger partial charge is 0.479 e. The van der Waals surface area contributed by atoms with Crippen LogP contribution in [0.4, 0.5) is 0 Å². The second-order valence-electron chi connectivity index (χ2n) is 7.61. The van der Waals surface area contributed by atoms with E-state index in [-0.39, 0.29) is 5.75 Å². The van der Waals surface area contributed by atoms with Gasteiger partial charge in [0.15, 0.2) is 11.7 Å². The van der Waals surface area contributed by atoms with Gasteiger partial charge in [-0.15, -0.1) is 0 Å². The van der Waals surface area contributed by atoms with E-state index in [0.717, 1.165) is 13.8 Å². The normalized spacial score (nSPS) is 38.5. The van der Waals surface area contributed by atoms with Crippen LogP contribution < -0.4 is 4.74 Å². The summed E-state index contributed by atoms with van der Waals surface area (Å²) >= 11 is 9.68. The molecule has 28 heavy (non-hydrogen) atoms. The van der Waals surface area contributed by atoms with E-state index in [9.17, 15) is 25.2 Å². The summed E-state index contributed by atoms with van der Waals surface area (Å²) in [6.45, 7) is 4.70. The summed E-state index contributed by atoms with van der Waals surface area (Å²) < 4.78 is 12.1. The van der Waals surface area contributed by atoms with Crippen molar-refractivity contribution in [3.8, 4) is 5.75 Å². The number of aliphatic carboxylic acids is 1. The minimum atomic E-state index is -2.31. The molecule has 8 nitrogen and oxygen atoms in total. The lowest BCUT2D eigenvalue weighted by Crippen LogP contribution is -2.82. The Bertz CT molecular complexity index is 955. The van der Waals surface area contributed by atoms with Crippen molar-refractivity contribution < 1.29 is 34.7 Å². The lowest BCUT2D eigenvalue weighted by Gasteiger charge is -2.60. The fraction of sp³-hybridized carbons (Fsp3) is 0.500. The van der Waals surface area contributed by atoms with Crippen molar-refractivity contribution in [1.29, 1.82) is 0 Å². The van der Waals surface area contributed by atoms with Crippen LogP contribution >= 0.6 is 27.5 Å². The van der Waals surface area contributed by atoms with Crippen LogP contribution in [0.2, 0.25) is 5.02 Å². The van der Waals surface area contributed by atoms with Crippen LogP contribution in [0.1, 0.15) is 27.7 Å². The van der Waals surface area contributed by atoms with Gasteiger partial charge in [0.1, 0.15) is 17.0 Å². The van der Waals surface area contributed by atoms with Gasteiger partial charge < -0.3 is 34.9 Å². The molecule has 5 N–H and O–H groups in total. The fourth-order valence-electron chi connectivity index (χ4n) is 3.48. The van der Waals surface area contributed by atoms with Gasteiger partial charge in [-0.25, -0.2) is 4.79 Å². The van der Waals surface area contributed by atoms with E-state index in [1.54, 1.807) is 12.1 Å². The molecule has 10 heteroatoms. The molecule has 3 rings (SSSR count). The molecule has 1 aromatic carbocycles. The quantitative estimate of drug-likeness (QED) is 0.458. The van der Waals surface area contributed by atoms with Crippen LogP contribution in [-0.4, -0.2) is 60.1 Å². The Balaban J connectivity index is 2.15. The van der Waals surface area contributed by atoms with Crippen LogP contribution in [0.15, 0.2) is 22.8 Å². The third kappa shape index (κ3) is 2.68. The summed E-state index contributed by atoms with van der Waals surface area (Å²) in [4.78, 5) is 14.7. The van der Waals surface area contributed by atoms with E-state index in [1.807, 2.05) is 0 Å². The number of aromatic nitrogens is 1. The van der Waals surface area contributed by atoms with E-state index < -0.39 is 34.7 Å². The number of hydrogen-bond acceptors (Lipinski definition) is 6. The Kier molecular flexibility index (Phi) is 4.82. The van der Waals surface area contributed by atoms with Gasteiger partial charge in [0, 0.05) is 17.6 Å². The molecule has 154 valence electrons. The van der Waals surface area contributed by atoms with E-state index in [2.05, 4.69) is 20.9 Å². The van der Waals surface area contributed by atoms with Gasteiger partial charge in [-0.3, -0.25) is 0 Å². The highest BCUT2D eigenvalue weighted by Gasteiger charge is 2.73. The molecule has 0 amide bonds. The van der Waals surface area contributed by atoms with E-state index in [4.69, 9.17) is 21.1 Å². The minimum absolute atomic E-state index is 0.172. The molecular formula is C18H21BrClNO7. The number of carboxylic acids is 1. The first-order valence-corrected chi connectivity index (χ1v) is 9.56. The number of aliphatic hydroxyl groups is 3. The highest BCUT2D eigenvalue weighted by atomic mass is 79.9. The zero-order chi connectivity index (χ0) is 21.3. The zero-order valence-corrected chi connectivity index (χ0v) is 17.9. The van der Waals surface area contributed by atoms with Gasteiger partial charge in [0.05, 0.1) is 15.9 Å². The number of H-pyrrole nitrogens is 1. The lowest BCUT2D eigenvalue weighted by atomic mass is 9.65. The van der Waals surface area contributed by atoms with Crippen molar-refractivity contribution >= 4 is 44.4 Å². The van der Waals surface area contributed by atoms with Crippen LogP contribution in [0.25, 0.3) is 10.9 Å². The number of carboxylic acid groups (broad SMARTS) is 1. The van der Waals surface area contributed by atoms with Gasteiger partial charge in [-0.2, -0.15) is 0 Å². The Morgan fingerprint density at radius 1 is 1.21 bits per heavy atom. The first-order chi connectivity index (χ1) is 12.7. The number of rotatable bonds is 3. The Hall–Kier alpha value is -1.36. The second kappa shape index (κ2) is 6.32. The molecule has 1 fully saturated rings. The van der Waals surface area contributed by atoms with Gasteiger partial charge in [-0.05, 0) is 48.8 Å². The summed E-state index contributed by atoms with van der Waals surface area (Å²) in [5, 5.41) is 43.1. The highest BCUT2D eigenvalue weighted by molar-refractivity contribution is 9.10. The second-order valence-corrected chi connectivity index (χ2v) is 8.85.